The summed E-state index contributed by atoms with van der Waals surface area (Å²) in [5.74, 6) is -2.53. The molecule has 1 aromatic carbocycles. The maximum Gasteiger partial charge on any atom is 0.330 e. The zero-order valence-corrected chi connectivity index (χ0v) is 12.8. The number of carbonyl (C=O) groups is 3. The Morgan fingerprint density at radius 3 is 2.64 bits per heavy atom. The molecular weight excluding hydrogens is 289 g/mol. The van der Waals surface area contributed by atoms with Crippen LogP contribution in [0.25, 0.3) is 0 Å². The Balaban J connectivity index is 2.45. The van der Waals surface area contributed by atoms with Gasteiger partial charge >= 0.3 is 5.97 Å². The van der Waals surface area contributed by atoms with Gasteiger partial charge in [0, 0.05) is 12.1 Å². The summed E-state index contributed by atoms with van der Waals surface area (Å²) in [4.78, 5) is 37.3. The van der Waals surface area contributed by atoms with Crippen molar-refractivity contribution in [2.24, 2.45) is 5.92 Å². The fourth-order valence-electron chi connectivity index (χ4n) is 2.63. The second-order valence-electron chi connectivity index (χ2n) is 5.32. The molecule has 0 spiro atoms. The van der Waals surface area contributed by atoms with Crippen molar-refractivity contribution < 1.29 is 23.5 Å². The van der Waals surface area contributed by atoms with Crippen molar-refractivity contribution in [2.45, 2.75) is 33.2 Å². The molecule has 1 saturated heterocycles. The van der Waals surface area contributed by atoms with E-state index in [1.165, 1.54) is 24.0 Å². The van der Waals surface area contributed by atoms with E-state index in [1.54, 1.807) is 19.9 Å². The van der Waals surface area contributed by atoms with Crippen molar-refractivity contribution in [1.82, 2.24) is 0 Å². The van der Waals surface area contributed by atoms with Gasteiger partial charge in [-0.1, -0.05) is 6.07 Å². The number of hydrogen-bond acceptors (Lipinski definition) is 4. The first-order chi connectivity index (χ1) is 10.4. The maximum absolute atomic E-state index is 13.8. The van der Waals surface area contributed by atoms with Crippen LogP contribution >= 0.6 is 0 Å². The molecule has 1 aliphatic heterocycles. The predicted octanol–water partition coefficient (Wildman–Crippen LogP) is 2.01. The fourth-order valence-corrected chi connectivity index (χ4v) is 2.63. The number of aryl methyl sites for hydroxylation is 1. The van der Waals surface area contributed by atoms with E-state index in [0.29, 0.717) is 5.56 Å². The number of nitrogens with zero attached hydrogens (tertiary/aromatic N) is 1. The molecule has 1 aliphatic rings. The predicted molar refractivity (Wildman–Crippen MR) is 77.8 cm³/mol. The summed E-state index contributed by atoms with van der Waals surface area (Å²) in [7, 11) is 0. The molecule has 1 aromatic rings. The Bertz CT molecular complexity index is 629. The van der Waals surface area contributed by atoms with Gasteiger partial charge in [-0.2, -0.15) is 0 Å². The van der Waals surface area contributed by atoms with Crippen LogP contribution < -0.4 is 4.90 Å². The lowest BCUT2D eigenvalue weighted by Crippen LogP contribution is -2.44. The smallest absolute Gasteiger partial charge is 0.330 e. The van der Waals surface area contributed by atoms with Crippen LogP contribution in [0, 0.1) is 18.7 Å². The normalized spacial score (nSPS) is 21.1. The minimum Gasteiger partial charge on any atom is -0.464 e. The molecule has 0 aliphatic carbocycles. The third kappa shape index (κ3) is 2.86. The highest BCUT2D eigenvalue weighted by Gasteiger charge is 2.48. The van der Waals surface area contributed by atoms with Gasteiger partial charge in [-0.05, 0) is 38.5 Å². The average molecular weight is 307 g/mol. The number of halogens is 1. The number of ketones is 1. The van der Waals surface area contributed by atoms with Crippen LogP contribution in [0.5, 0.6) is 0 Å². The molecule has 2 rings (SSSR count). The molecule has 1 heterocycles. The number of Topliss-reactive ketones (excluding diaryl/α,β-unsaturated/α-hetero) is 1. The molecule has 0 radical (unpaired) electrons. The third-order valence-corrected chi connectivity index (χ3v) is 3.81. The van der Waals surface area contributed by atoms with Gasteiger partial charge in [0.2, 0.25) is 5.91 Å². The van der Waals surface area contributed by atoms with E-state index in [2.05, 4.69) is 0 Å². The van der Waals surface area contributed by atoms with Gasteiger partial charge in [0.1, 0.15) is 17.6 Å². The van der Waals surface area contributed by atoms with Crippen LogP contribution in [0.15, 0.2) is 18.2 Å². The summed E-state index contributed by atoms with van der Waals surface area (Å²) in [6.45, 7) is 4.73. The van der Waals surface area contributed by atoms with Gasteiger partial charge < -0.3 is 4.74 Å². The zero-order valence-electron chi connectivity index (χ0n) is 12.8. The highest BCUT2D eigenvalue weighted by atomic mass is 19.1. The van der Waals surface area contributed by atoms with Crippen molar-refractivity contribution in [3.63, 3.8) is 0 Å². The molecule has 2 unspecified atom stereocenters. The van der Waals surface area contributed by atoms with Crippen LogP contribution in [0.1, 0.15) is 25.8 Å². The number of amides is 1. The molecule has 0 aromatic heterocycles. The summed E-state index contributed by atoms with van der Waals surface area (Å²) in [6.07, 6.45) is -0.0751. The first-order valence-corrected chi connectivity index (χ1v) is 7.12. The second-order valence-corrected chi connectivity index (χ2v) is 5.32. The van der Waals surface area contributed by atoms with Crippen LogP contribution in [0.3, 0.4) is 0 Å². The molecular formula is C16H18FNO4. The Morgan fingerprint density at radius 2 is 2.09 bits per heavy atom. The quantitative estimate of drug-likeness (QED) is 0.798. The Labute approximate surface area is 128 Å². The minimum absolute atomic E-state index is 0.0751. The van der Waals surface area contributed by atoms with Crippen molar-refractivity contribution in [1.29, 1.82) is 0 Å². The average Bonchev–Trinajstić information content (AvgIpc) is 2.80. The largest absolute Gasteiger partial charge is 0.464 e. The van der Waals surface area contributed by atoms with Gasteiger partial charge in [-0.25, -0.2) is 9.18 Å². The lowest BCUT2D eigenvalue weighted by Gasteiger charge is -2.25. The molecule has 0 bridgehead atoms. The molecule has 0 N–H and O–H groups in total. The van der Waals surface area contributed by atoms with Crippen molar-refractivity contribution >= 4 is 23.3 Å². The van der Waals surface area contributed by atoms with Gasteiger partial charge in [0.05, 0.1) is 12.5 Å². The van der Waals surface area contributed by atoms with E-state index in [1.807, 2.05) is 0 Å². The molecule has 6 heteroatoms. The van der Waals surface area contributed by atoms with E-state index in [4.69, 9.17) is 4.74 Å². The number of rotatable bonds is 4. The first kappa shape index (κ1) is 16.1. The van der Waals surface area contributed by atoms with Crippen LogP contribution in [-0.4, -0.2) is 30.3 Å². The topological polar surface area (TPSA) is 63.7 Å². The SMILES string of the molecule is CCOC(=O)C1C(C(C)=O)CC(=O)N1c1ccc(C)c(F)c1. The standard InChI is InChI=1S/C16H18FNO4/c1-4-22-16(21)15-12(10(3)19)8-14(20)18(15)11-6-5-9(2)13(17)7-11/h5-7,12,15H,4,8H2,1-3H3. The third-order valence-electron chi connectivity index (χ3n) is 3.81. The maximum atomic E-state index is 13.8. The fraction of sp³-hybridized carbons (Fsp3) is 0.438. The number of carbonyl (C=O) groups excluding carboxylic acids is 3. The molecule has 5 nitrogen and oxygen atoms in total. The van der Waals surface area contributed by atoms with Gasteiger partial charge in [-0.15, -0.1) is 0 Å². The molecule has 22 heavy (non-hydrogen) atoms. The first-order valence-electron chi connectivity index (χ1n) is 7.12. The number of benzene rings is 1. The highest BCUT2D eigenvalue weighted by Crippen LogP contribution is 2.33. The number of ether oxygens (including phenoxy) is 1. The van der Waals surface area contributed by atoms with E-state index in [-0.39, 0.29) is 30.4 Å². The molecule has 0 saturated carbocycles. The highest BCUT2D eigenvalue weighted by molar-refractivity contribution is 6.07. The van der Waals surface area contributed by atoms with Crippen LogP contribution in [-0.2, 0) is 19.1 Å². The van der Waals surface area contributed by atoms with E-state index < -0.39 is 23.7 Å². The summed E-state index contributed by atoms with van der Waals surface area (Å²) in [5, 5.41) is 0. The molecule has 1 fully saturated rings. The Kier molecular flexibility index (Phi) is 4.59. The van der Waals surface area contributed by atoms with Crippen LogP contribution in [0.2, 0.25) is 0 Å². The number of hydrogen-bond donors (Lipinski definition) is 0. The lowest BCUT2D eigenvalue weighted by atomic mass is 9.96. The van der Waals surface area contributed by atoms with Crippen molar-refractivity contribution in [2.75, 3.05) is 11.5 Å². The van der Waals surface area contributed by atoms with E-state index in [0.717, 1.165) is 0 Å². The van der Waals surface area contributed by atoms with Gasteiger partial charge in [0.25, 0.3) is 0 Å². The number of anilines is 1. The second kappa shape index (κ2) is 6.25. The summed E-state index contributed by atoms with van der Waals surface area (Å²) < 4.78 is 18.8. The van der Waals surface area contributed by atoms with Gasteiger partial charge in [-0.3, -0.25) is 14.5 Å². The zero-order chi connectivity index (χ0) is 16.4. The van der Waals surface area contributed by atoms with E-state index >= 15 is 0 Å². The summed E-state index contributed by atoms with van der Waals surface area (Å²) in [5.41, 5.74) is 0.695. The minimum atomic E-state index is -1.04. The van der Waals surface area contributed by atoms with Crippen molar-refractivity contribution in [3.8, 4) is 0 Å². The van der Waals surface area contributed by atoms with Gasteiger partial charge in [0.15, 0.2) is 0 Å². The molecule has 118 valence electrons. The molecule has 2 atom stereocenters. The van der Waals surface area contributed by atoms with Crippen LogP contribution in [0.4, 0.5) is 10.1 Å². The lowest BCUT2D eigenvalue weighted by molar-refractivity contribution is -0.147. The summed E-state index contributed by atoms with van der Waals surface area (Å²) >= 11 is 0. The summed E-state index contributed by atoms with van der Waals surface area (Å²) in [6, 6.07) is 3.25. The van der Waals surface area contributed by atoms with E-state index in [9.17, 15) is 18.8 Å². The number of esters is 1. The molecule has 1 amide bonds. The monoisotopic (exact) mass is 307 g/mol. The van der Waals surface area contributed by atoms with Crippen molar-refractivity contribution in [3.05, 3.63) is 29.6 Å². The Morgan fingerprint density at radius 1 is 1.41 bits per heavy atom. The Hall–Kier alpha value is -2.24.